The quantitative estimate of drug-likeness (QED) is 0.532. The van der Waals surface area contributed by atoms with Crippen molar-refractivity contribution in [2.75, 3.05) is 26.2 Å². The summed E-state index contributed by atoms with van der Waals surface area (Å²) in [5.74, 6) is 0. The van der Waals surface area contributed by atoms with Crippen LogP contribution in [0.4, 0.5) is 0 Å². The maximum absolute atomic E-state index is 5.97. The highest BCUT2D eigenvalue weighted by Gasteiger charge is 2.28. The normalized spacial score (nSPS) is 23.2. The Kier molecular flexibility index (Phi) is 7.56. The zero-order valence-corrected chi connectivity index (χ0v) is 12.3. The Labute approximate surface area is 113 Å². The average molecular weight is 254 g/mol. The molecule has 0 aromatic rings. The smallest absolute Gasteiger partial charge is 0.0855 e. The summed E-state index contributed by atoms with van der Waals surface area (Å²) in [5.41, 5.74) is 0. The molecule has 2 unspecified atom stereocenters. The number of nitrogens with one attached hydrogen (secondary N) is 1. The molecule has 2 atom stereocenters. The van der Waals surface area contributed by atoms with Crippen molar-refractivity contribution < 1.29 is 4.74 Å². The monoisotopic (exact) mass is 254 g/mol. The first-order chi connectivity index (χ1) is 8.69. The molecule has 3 nitrogen and oxygen atoms in total. The Balaban J connectivity index is 2.46. The SMILES string of the molecule is C=CCCCC(NCC)C1CN(C(C)C)CCO1. The molecule has 1 fully saturated rings. The van der Waals surface area contributed by atoms with Gasteiger partial charge in [0.2, 0.25) is 0 Å². The number of rotatable bonds is 8. The predicted octanol–water partition coefficient (Wildman–Crippen LogP) is 2.43. The van der Waals surface area contributed by atoms with Crippen molar-refractivity contribution in [1.82, 2.24) is 10.2 Å². The van der Waals surface area contributed by atoms with Crippen LogP contribution in [0.15, 0.2) is 12.7 Å². The van der Waals surface area contributed by atoms with Crippen LogP contribution in [0.3, 0.4) is 0 Å². The van der Waals surface area contributed by atoms with Gasteiger partial charge in [-0.25, -0.2) is 0 Å². The van der Waals surface area contributed by atoms with Crippen molar-refractivity contribution in [3.8, 4) is 0 Å². The largest absolute Gasteiger partial charge is 0.374 e. The van der Waals surface area contributed by atoms with E-state index in [0.29, 0.717) is 18.2 Å². The Bertz CT molecular complexity index is 231. The molecule has 0 saturated carbocycles. The molecule has 1 aliphatic heterocycles. The van der Waals surface area contributed by atoms with Crippen LogP contribution in [0.1, 0.15) is 40.0 Å². The lowest BCUT2D eigenvalue weighted by atomic mass is 10.0. The number of unbranched alkanes of at least 4 members (excludes halogenated alkanes) is 1. The van der Waals surface area contributed by atoms with Crippen molar-refractivity contribution in [2.45, 2.75) is 58.2 Å². The van der Waals surface area contributed by atoms with Gasteiger partial charge in [-0.2, -0.15) is 0 Å². The fourth-order valence-electron chi connectivity index (χ4n) is 2.57. The Hall–Kier alpha value is -0.380. The van der Waals surface area contributed by atoms with Crippen LogP contribution in [0, 0.1) is 0 Å². The molecule has 0 spiro atoms. The van der Waals surface area contributed by atoms with E-state index in [4.69, 9.17) is 4.74 Å². The second kappa shape index (κ2) is 8.68. The minimum Gasteiger partial charge on any atom is -0.374 e. The lowest BCUT2D eigenvalue weighted by molar-refractivity contribution is -0.0564. The predicted molar refractivity (Wildman–Crippen MR) is 78.0 cm³/mol. The number of nitrogens with zero attached hydrogens (tertiary/aromatic N) is 1. The minimum absolute atomic E-state index is 0.339. The molecule has 1 rings (SSSR count). The number of morpholine rings is 1. The van der Waals surface area contributed by atoms with Crippen LogP contribution in [0.5, 0.6) is 0 Å². The zero-order chi connectivity index (χ0) is 13.4. The third kappa shape index (κ3) is 5.09. The van der Waals surface area contributed by atoms with Gasteiger partial charge in [0.1, 0.15) is 0 Å². The third-order valence-electron chi connectivity index (χ3n) is 3.69. The number of hydrogen-bond acceptors (Lipinski definition) is 3. The first-order valence-corrected chi connectivity index (χ1v) is 7.39. The molecule has 3 heteroatoms. The van der Waals surface area contributed by atoms with Crippen LogP contribution >= 0.6 is 0 Å². The Morgan fingerprint density at radius 2 is 2.28 bits per heavy atom. The molecule has 0 aromatic carbocycles. The van der Waals surface area contributed by atoms with Crippen LogP contribution in [0.25, 0.3) is 0 Å². The fourth-order valence-corrected chi connectivity index (χ4v) is 2.57. The fraction of sp³-hybridized carbons (Fsp3) is 0.867. The van der Waals surface area contributed by atoms with E-state index >= 15 is 0 Å². The summed E-state index contributed by atoms with van der Waals surface area (Å²) in [6.07, 6.45) is 5.82. The zero-order valence-electron chi connectivity index (χ0n) is 12.3. The van der Waals surface area contributed by atoms with Gasteiger partial charge in [0.15, 0.2) is 0 Å². The molecule has 0 aliphatic carbocycles. The summed E-state index contributed by atoms with van der Waals surface area (Å²) in [6.45, 7) is 14.5. The van der Waals surface area contributed by atoms with Gasteiger partial charge in [-0.3, -0.25) is 4.90 Å². The summed E-state index contributed by atoms with van der Waals surface area (Å²) in [6, 6.07) is 1.10. The summed E-state index contributed by atoms with van der Waals surface area (Å²) in [4.78, 5) is 2.52. The van der Waals surface area contributed by atoms with Gasteiger partial charge in [0, 0.05) is 25.2 Å². The molecule has 106 valence electrons. The Morgan fingerprint density at radius 3 is 2.89 bits per heavy atom. The van der Waals surface area contributed by atoms with E-state index in [1.807, 2.05) is 6.08 Å². The van der Waals surface area contributed by atoms with E-state index in [0.717, 1.165) is 32.7 Å². The Morgan fingerprint density at radius 1 is 1.50 bits per heavy atom. The van der Waals surface area contributed by atoms with E-state index in [2.05, 4.69) is 37.6 Å². The van der Waals surface area contributed by atoms with Gasteiger partial charge < -0.3 is 10.1 Å². The number of ether oxygens (including phenoxy) is 1. The summed E-state index contributed by atoms with van der Waals surface area (Å²) < 4.78 is 5.97. The van der Waals surface area contributed by atoms with Gasteiger partial charge >= 0.3 is 0 Å². The van der Waals surface area contributed by atoms with Crippen LogP contribution in [0.2, 0.25) is 0 Å². The molecule has 1 aliphatic rings. The van der Waals surface area contributed by atoms with E-state index < -0.39 is 0 Å². The van der Waals surface area contributed by atoms with Gasteiger partial charge in [0.05, 0.1) is 12.7 Å². The van der Waals surface area contributed by atoms with E-state index in [-0.39, 0.29) is 0 Å². The van der Waals surface area contributed by atoms with Crippen LogP contribution in [-0.4, -0.2) is 49.3 Å². The second-order valence-electron chi connectivity index (χ2n) is 5.38. The molecule has 0 bridgehead atoms. The van der Waals surface area contributed by atoms with Crippen LogP contribution < -0.4 is 5.32 Å². The molecule has 18 heavy (non-hydrogen) atoms. The van der Waals surface area contributed by atoms with Crippen molar-refractivity contribution in [1.29, 1.82) is 0 Å². The van der Waals surface area contributed by atoms with Crippen molar-refractivity contribution in [3.63, 3.8) is 0 Å². The molecule has 0 radical (unpaired) electrons. The topological polar surface area (TPSA) is 24.5 Å². The van der Waals surface area contributed by atoms with Crippen molar-refractivity contribution >= 4 is 0 Å². The first-order valence-electron chi connectivity index (χ1n) is 7.39. The standard InChI is InChI=1S/C15H30N2O/c1-5-7-8-9-14(16-6-2)15-12-17(13(3)4)10-11-18-15/h5,13-16H,1,6-12H2,2-4H3. The molecule has 1 heterocycles. The van der Waals surface area contributed by atoms with Gasteiger partial charge in [0.25, 0.3) is 0 Å². The van der Waals surface area contributed by atoms with E-state index in [9.17, 15) is 0 Å². The maximum Gasteiger partial charge on any atom is 0.0855 e. The van der Waals surface area contributed by atoms with Crippen molar-refractivity contribution in [3.05, 3.63) is 12.7 Å². The van der Waals surface area contributed by atoms with Gasteiger partial charge in [-0.05, 0) is 39.7 Å². The maximum atomic E-state index is 5.97. The van der Waals surface area contributed by atoms with E-state index in [1.54, 1.807) is 0 Å². The molecule has 1 saturated heterocycles. The second-order valence-corrected chi connectivity index (χ2v) is 5.38. The van der Waals surface area contributed by atoms with Crippen molar-refractivity contribution in [2.24, 2.45) is 0 Å². The highest BCUT2D eigenvalue weighted by molar-refractivity contribution is 4.84. The lowest BCUT2D eigenvalue weighted by Gasteiger charge is -2.39. The van der Waals surface area contributed by atoms with Gasteiger partial charge in [-0.15, -0.1) is 6.58 Å². The van der Waals surface area contributed by atoms with E-state index in [1.165, 1.54) is 12.8 Å². The molecule has 1 N–H and O–H groups in total. The highest BCUT2D eigenvalue weighted by Crippen LogP contribution is 2.15. The average Bonchev–Trinajstić information content (AvgIpc) is 2.38. The summed E-state index contributed by atoms with van der Waals surface area (Å²) >= 11 is 0. The number of hydrogen-bond donors (Lipinski definition) is 1. The van der Waals surface area contributed by atoms with Crippen LogP contribution in [-0.2, 0) is 4.74 Å². The molecular weight excluding hydrogens is 224 g/mol. The molecule has 0 aromatic heterocycles. The minimum atomic E-state index is 0.339. The lowest BCUT2D eigenvalue weighted by Crippen LogP contribution is -2.53. The highest BCUT2D eigenvalue weighted by atomic mass is 16.5. The molecular formula is C15H30N2O. The molecule has 0 amide bonds. The summed E-state index contributed by atoms with van der Waals surface area (Å²) in [5, 5.41) is 3.58. The summed E-state index contributed by atoms with van der Waals surface area (Å²) in [7, 11) is 0. The third-order valence-corrected chi connectivity index (χ3v) is 3.69. The first kappa shape index (κ1) is 15.7. The number of allylic oxidation sites excluding steroid dienone is 1. The number of likely N-dealkylation sites (N-methyl/N-ethyl adjacent to an activating group) is 1. The van der Waals surface area contributed by atoms with Gasteiger partial charge in [-0.1, -0.05) is 13.0 Å².